The Morgan fingerprint density at radius 3 is 2.45 bits per heavy atom. The van der Waals surface area contributed by atoms with Crippen LogP contribution in [0.25, 0.3) is 0 Å². The van der Waals surface area contributed by atoms with Crippen LogP contribution < -0.4 is 10.2 Å². The number of benzene rings is 1. The SMILES string of the molecule is N#Cc1ccccc1Nc1ccc(C(=O)N2CCN(c3ccccn3)CC2)nn1. The summed E-state index contributed by atoms with van der Waals surface area (Å²) in [6.07, 6.45) is 1.77. The number of para-hydroxylation sites is 1. The van der Waals surface area contributed by atoms with E-state index in [2.05, 4.69) is 31.5 Å². The summed E-state index contributed by atoms with van der Waals surface area (Å²) in [7, 11) is 0. The fourth-order valence-electron chi connectivity index (χ4n) is 3.18. The Balaban J connectivity index is 1.38. The number of carbonyl (C=O) groups is 1. The Morgan fingerprint density at radius 1 is 0.966 bits per heavy atom. The Kier molecular flexibility index (Phi) is 5.29. The van der Waals surface area contributed by atoms with Crippen molar-refractivity contribution in [1.82, 2.24) is 20.1 Å². The Labute approximate surface area is 168 Å². The highest BCUT2D eigenvalue weighted by atomic mass is 16.2. The second-order valence-electron chi connectivity index (χ2n) is 6.55. The lowest BCUT2D eigenvalue weighted by molar-refractivity contribution is 0.0739. The zero-order chi connectivity index (χ0) is 20.1. The van der Waals surface area contributed by atoms with E-state index in [1.165, 1.54) is 0 Å². The lowest BCUT2D eigenvalue weighted by atomic mass is 10.2. The zero-order valence-corrected chi connectivity index (χ0v) is 15.7. The number of carbonyl (C=O) groups excluding carboxylic acids is 1. The van der Waals surface area contributed by atoms with Crippen molar-refractivity contribution in [3.63, 3.8) is 0 Å². The van der Waals surface area contributed by atoms with Gasteiger partial charge < -0.3 is 15.1 Å². The van der Waals surface area contributed by atoms with Crippen molar-refractivity contribution in [2.45, 2.75) is 0 Å². The number of hydrogen-bond acceptors (Lipinski definition) is 7. The van der Waals surface area contributed by atoms with Gasteiger partial charge in [0.15, 0.2) is 11.5 Å². The molecule has 1 N–H and O–H groups in total. The number of nitriles is 1. The molecule has 1 amide bonds. The largest absolute Gasteiger partial charge is 0.353 e. The fourth-order valence-corrected chi connectivity index (χ4v) is 3.18. The maximum Gasteiger partial charge on any atom is 0.274 e. The molecule has 2 aromatic heterocycles. The van der Waals surface area contributed by atoms with E-state index in [1.807, 2.05) is 24.3 Å². The number of piperazine rings is 1. The quantitative estimate of drug-likeness (QED) is 0.736. The topological polar surface area (TPSA) is 98.0 Å². The first-order chi connectivity index (χ1) is 14.2. The maximum atomic E-state index is 12.7. The van der Waals surface area contributed by atoms with Gasteiger partial charge in [-0.2, -0.15) is 5.26 Å². The number of aromatic nitrogens is 3. The molecule has 3 heterocycles. The third-order valence-corrected chi connectivity index (χ3v) is 4.73. The Hall–Kier alpha value is -3.99. The van der Waals surface area contributed by atoms with Crippen LogP contribution in [0.5, 0.6) is 0 Å². The van der Waals surface area contributed by atoms with Crippen molar-refractivity contribution >= 4 is 23.2 Å². The molecule has 1 saturated heterocycles. The molecule has 0 spiro atoms. The highest BCUT2D eigenvalue weighted by molar-refractivity contribution is 5.92. The maximum absolute atomic E-state index is 12.7. The van der Waals surface area contributed by atoms with Gasteiger partial charge in [-0.15, -0.1) is 10.2 Å². The van der Waals surface area contributed by atoms with Crippen LogP contribution >= 0.6 is 0 Å². The first-order valence-corrected chi connectivity index (χ1v) is 9.30. The van der Waals surface area contributed by atoms with Crippen molar-refractivity contribution in [2.24, 2.45) is 0 Å². The summed E-state index contributed by atoms with van der Waals surface area (Å²) in [5.74, 6) is 1.26. The molecular weight excluding hydrogens is 366 g/mol. The molecule has 0 aliphatic carbocycles. The lowest BCUT2D eigenvalue weighted by Gasteiger charge is -2.35. The lowest BCUT2D eigenvalue weighted by Crippen LogP contribution is -2.49. The molecule has 0 saturated carbocycles. The number of hydrogen-bond donors (Lipinski definition) is 1. The number of amides is 1. The molecule has 3 aromatic rings. The zero-order valence-electron chi connectivity index (χ0n) is 15.7. The van der Waals surface area contributed by atoms with Crippen LogP contribution in [0.15, 0.2) is 60.8 Å². The van der Waals surface area contributed by atoms with Gasteiger partial charge in [-0.05, 0) is 36.4 Å². The number of anilines is 3. The average molecular weight is 385 g/mol. The molecule has 4 rings (SSSR count). The molecule has 8 heteroatoms. The molecule has 1 fully saturated rings. The average Bonchev–Trinajstić information content (AvgIpc) is 2.80. The van der Waals surface area contributed by atoms with Crippen LogP contribution in [0, 0.1) is 11.3 Å². The van der Waals surface area contributed by atoms with Crippen LogP contribution in [-0.4, -0.2) is 52.2 Å². The van der Waals surface area contributed by atoms with Crippen molar-refractivity contribution in [3.05, 3.63) is 72.1 Å². The van der Waals surface area contributed by atoms with E-state index in [1.54, 1.807) is 41.4 Å². The molecule has 144 valence electrons. The molecular formula is C21H19N7O. The monoisotopic (exact) mass is 385 g/mol. The first kappa shape index (κ1) is 18.4. The van der Waals surface area contributed by atoms with Crippen molar-refractivity contribution in [2.75, 3.05) is 36.4 Å². The summed E-state index contributed by atoms with van der Waals surface area (Å²) in [4.78, 5) is 21.0. The summed E-state index contributed by atoms with van der Waals surface area (Å²) >= 11 is 0. The van der Waals surface area contributed by atoms with Gasteiger partial charge in [-0.3, -0.25) is 4.79 Å². The number of pyridine rings is 1. The van der Waals surface area contributed by atoms with Gasteiger partial charge in [0, 0.05) is 32.4 Å². The molecule has 29 heavy (non-hydrogen) atoms. The van der Waals surface area contributed by atoms with Gasteiger partial charge in [-0.1, -0.05) is 18.2 Å². The summed E-state index contributed by atoms with van der Waals surface area (Å²) in [5, 5.41) is 20.4. The van der Waals surface area contributed by atoms with E-state index in [4.69, 9.17) is 5.26 Å². The van der Waals surface area contributed by atoms with Gasteiger partial charge in [-0.25, -0.2) is 4.98 Å². The second-order valence-corrected chi connectivity index (χ2v) is 6.55. The van der Waals surface area contributed by atoms with Crippen LogP contribution in [0.1, 0.15) is 16.1 Å². The van der Waals surface area contributed by atoms with Crippen LogP contribution in [0.2, 0.25) is 0 Å². The van der Waals surface area contributed by atoms with Crippen LogP contribution in [-0.2, 0) is 0 Å². The van der Waals surface area contributed by atoms with Gasteiger partial charge in [0.1, 0.15) is 11.9 Å². The molecule has 0 radical (unpaired) electrons. The highest BCUT2D eigenvalue weighted by Gasteiger charge is 2.23. The molecule has 1 aliphatic rings. The number of nitrogens with one attached hydrogen (secondary N) is 1. The van der Waals surface area contributed by atoms with Crippen molar-refractivity contribution in [1.29, 1.82) is 5.26 Å². The van der Waals surface area contributed by atoms with Crippen molar-refractivity contribution < 1.29 is 4.79 Å². The predicted octanol–water partition coefficient (Wildman–Crippen LogP) is 2.45. The van der Waals surface area contributed by atoms with E-state index < -0.39 is 0 Å². The molecule has 0 unspecified atom stereocenters. The third-order valence-electron chi connectivity index (χ3n) is 4.73. The van der Waals surface area contributed by atoms with E-state index in [9.17, 15) is 4.79 Å². The Bertz CT molecular complexity index is 1020. The summed E-state index contributed by atoms with van der Waals surface area (Å²) < 4.78 is 0. The van der Waals surface area contributed by atoms with E-state index in [-0.39, 0.29) is 5.91 Å². The molecule has 8 nitrogen and oxygen atoms in total. The normalized spacial score (nSPS) is 13.6. The minimum atomic E-state index is -0.137. The van der Waals surface area contributed by atoms with Crippen LogP contribution in [0.4, 0.5) is 17.3 Å². The van der Waals surface area contributed by atoms with Gasteiger partial charge >= 0.3 is 0 Å². The van der Waals surface area contributed by atoms with Crippen molar-refractivity contribution in [3.8, 4) is 6.07 Å². The molecule has 0 atom stereocenters. The highest BCUT2D eigenvalue weighted by Crippen LogP contribution is 2.19. The molecule has 1 aliphatic heterocycles. The van der Waals surface area contributed by atoms with Gasteiger partial charge in [0.25, 0.3) is 5.91 Å². The summed E-state index contributed by atoms with van der Waals surface area (Å²) in [6.45, 7) is 2.65. The van der Waals surface area contributed by atoms with Gasteiger partial charge in [0.05, 0.1) is 11.3 Å². The minimum Gasteiger partial charge on any atom is -0.353 e. The molecule has 1 aromatic carbocycles. The third kappa shape index (κ3) is 4.14. The van der Waals surface area contributed by atoms with E-state index >= 15 is 0 Å². The van der Waals surface area contributed by atoms with Gasteiger partial charge in [0.2, 0.25) is 0 Å². The number of rotatable bonds is 4. The summed E-state index contributed by atoms with van der Waals surface area (Å²) in [6, 6.07) is 18.4. The standard InChI is InChI=1S/C21H19N7O/c22-15-16-5-1-2-6-17(16)24-19-9-8-18(25-26-19)21(29)28-13-11-27(12-14-28)20-7-3-4-10-23-20/h1-10H,11-14H2,(H,24,26). The second kappa shape index (κ2) is 8.35. The predicted molar refractivity (Wildman–Crippen MR) is 109 cm³/mol. The first-order valence-electron chi connectivity index (χ1n) is 9.30. The van der Waals surface area contributed by atoms with Crippen LogP contribution in [0.3, 0.4) is 0 Å². The summed E-state index contributed by atoms with van der Waals surface area (Å²) in [5.41, 5.74) is 1.46. The van der Waals surface area contributed by atoms with E-state index in [0.29, 0.717) is 35.9 Å². The smallest absolute Gasteiger partial charge is 0.274 e. The fraction of sp³-hybridized carbons (Fsp3) is 0.190. The Morgan fingerprint density at radius 2 is 1.76 bits per heavy atom. The minimum absolute atomic E-state index is 0.137. The molecule has 0 bridgehead atoms. The number of nitrogens with zero attached hydrogens (tertiary/aromatic N) is 6. The van der Waals surface area contributed by atoms with E-state index in [0.717, 1.165) is 18.9 Å².